The van der Waals surface area contributed by atoms with Crippen molar-refractivity contribution in [2.24, 2.45) is 5.92 Å². The molecule has 140 valence electrons. The molecular formula is C24H33NO. The largest absolute Gasteiger partial charge is 0.395 e. The summed E-state index contributed by atoms with van der Waals surface area (Å²) in [7, 11) is 0. The van der Waals surface area contributed by atoms with Gasteiger partial charge in [0.2, 0.25) is 0 Å². The van der Waals surface area contributed by atoms with Gasteiger partial charge in [-0.25, -0.2) is 0 Å². The van der Waals surface area contributed by atoms with E-state index in [1.54, 1.807) is 0 Å². The van der Waals surface area contributed by atoms with E-state index in [2.05, 4.69) is 81.2 Å². The van der Waals surface area contributed by atoms with E-state index in [1.807, 2.05) is 6.08 Å². The lowest BCUT2D eigenvalue weighted by molar-refractivity contribution is 0.272. The highest BCUT2D eigenvalue weighted by molar-refractivity contribution is 5.45. The van der Waals surface area contributed by atoms with Gasteiger partial charge in [0.1, 0.15) is 0 Å². The topological polar surface area (TPSA) is 32.3 Å². The molecule has 0 unspecified atom stereocenters. The van der Waals surface area contributed by atoms with Crippen LogP contribution in [0.25, 0.3) is 0 Å². The Morgan fingerprint density at radius 2 is 1.77 bits per heavy atom. The summed E-state index contributed by atoms with van der Waals surface area (Å²) in [5, 5.41) is 13.0. The number of allylic oxidation sites excluding steroid dienone is 1. The van der Waals surface area contributed by atoms with Crippen molar-refractivity contribution in [3.8, 4) is 0 Å². The van der Waals surface area contributed by atoms with Crippen LogP contribution in [-0.2, 0) is 12.0 Å². The smallest absolute Gasteiger partial charge is 0.0667 e. The summed E-state index contributed by atoms with van der Waals surface area (Å²) in [6.07, 6.45) is 5.26. The fraction of sp³-hybridized carbons (Fsp3) is 0.417. The van der Waals surface area contributed by atoms with Crippen LogP contribution in [-0.4, -0.2) is 18.3 Å². The van der Waals surface area contributed by atoms with Gasteiger partial charge >= 0.3 is 0 Å². The van der Waals surface area contributed by atoms with Crippen LogP contribution in [0.4, 0.5) is 0 Å². The Balaban J connectivity index is 2.46. The van der Waals surface area contributed by atoms with Crippen molar-refractivity contribution in [2.75, 3.05) is 13.2 Å². The van der Waals surface area contributed by atoms with Gasteiger partial charge in [-0.15, -0.1) is 6.58 Å². The molecule has 2 N–H and O–H groups in total. The summed E-state index contributed by atoms with van der Waals surface area (Å²) in [5.41, 5.74) is 4.87. The molecule has 0 amide bonds. The van der Waals surface area contributed by atoms with E-state index >= 15 is 0 Å². The highest BCUT2D eigenvalue weighted by atomic mass is 16.3. The SMILES string of the molecule is C=CCC[C@@H](C)Cc1ccccc1[C@](C)(NCCO)c1ccccc1C. The van der Waals surface area contributed by atoms with Gasteiger partial charge < -0.3 is 10.4 Å². The first kappa shape index (κ1) is 20.4. The van der Waals surface area contributed by atoms with Crippen molar-refractivity contribution in [3.05, 3.63) is 83.4 Å². The summed E-state index contributed by atoms with van der Waals surface area (Å²) in [6.45, 7) is 11.2. The molecule has 0 saturated carbocycles. The second-order valence-electron chi connectivity index (χ2n) is 7.42. The van der Waals surface area contributed by atoms with E-state index in [1.165, 1.54) is 22.3 Å². The van der Waals surface area contributed by atoms with Gasteiger partial charge in [-0.05, 0) is 61.3 Å². The Morgan fingerprint density at radius 1 is 1.12 bits per heavy atom. The first-order valence-corrected chi connectivity index (χ1v) is 9.64. The van der Waals surface area contributed by atoms with E-state index in [4.69, 9.17) is 0 Å². The molecular weight excluding hydrogens is 318 g/mol. The zero-order chi connectivity index (χ0) is 19.0. The number of aliphatic hydroxyl groups is 1. The van der Waals surface area contributed by atoms with Gasteiger partial charge in [0, 0.05) is 6.54 Å². The average Bonchev–Trinajstić information content (AvgIpc) is 2.65. The molecule has 2 heteroatoms. The predicted octanol–water partition coefficient (Wildman–Crippen LogP) is 4.99. The maximum Gasteiger partial charge on any atom is 0.0667 e. The fourth-order valence-electron chi connectivity index (χ4n) is 3.84. The highest BCUT2D eigenvalue weighted by Gasteiger charge is 2.31. The van der Waals surface area contributed by atoms with Gasteiger partial charge in [0.25, 0.3) is 0 Å². The third-order valence-corrected chi connectivity index (χ3v) is 5.26. The molecule has 0 aliphatic heterocycles. The molecule has 0 radical (unpaired) electrons. The minimum atomic E-state index is -0.331. The maximum absolute atomic E-state index is 9.43. The summed E-state index contributed by atoms with van der Waals surface area (Å²) in [4.78, 5) is 0. The molecule has 2 rings (SSSR count). The third-order valence-electron chi connectivity index (χ3n) is 5.26. The van der Waals surface area contributed by atoms with Gasteiger partial charge in [-0.1, -0.05) is 61.5 Å². The minimum absolute atomic E-state index is 0.124. The van der Waals surface area contributed by atoms with Crippen molar-refractivity contribution in [1.82, 2.24) is 5.32 Å². The van der Waals surface area contributed by atoms with Crippen LogP contribution >= 0.6 is 0 Å². The molecule has 0 aromatic heterocycles. The van der Waals surface area contributed by atoms with E-state index in [-0.39, 0.29) is 12.1 Å². The molecule has 2 nitrogen and oxygen atoms in total. The zero-order valence-corrected chi connectivity index (χ0v) is 16.5. The maximum atomic E-state index is 9.43. The summed E-state index contributed by atoms with van der Waals surface area (Å²) < 4.78 is 0. The predicted molar refractivity (Wildman–Crippen MR) is 111 cm³/mol. The average molecular weight is 352 g/mol. The fourth-order valence-corrected chi connectivity index (χ4v) is 3.84. The number of nitrogens with one attached hydrogen (secondary N) is 1. The van der Waals surface area contributed by atoms with Gasteiger partial charge in [-0.3, -0.25) is 0 Å². The molecule has 0 fully saturated rings. The minimum Gasteiger partial charge on any atom is -0.395 e. The van der Waals surface area contributed by atoms with E-state index < -0.39 is 0 Å². The lowest BCUT2D eigenvalue weighted by atomic mass is 9.78. The number of aryl methyl sites for hydroxylation is 1. The lowest BCUT2D eigenvalue weighted by Gasteiger charge is -2.35. The first-order chi connectivity index (χ1) is 12.5. The molecule has 2 aromatic rings. The van der Waals surface area contributed by atoms with Crippen LogP contribution < -0.4 is 5.32 Å². The van der Waals surface area contributed by atoms with Crippen molar-refractivity contribution in [1.29, 1.82) is 0 Å². The van der Waals surface area contributed by atoms with Gasteiger partial charge in [0.15, 0.2) is 0 Å². The van der Waals surface area contributed by atoms with Crippen LogP contribution in [0.5, 0.6) is 0 Å². The van der Waals surface area contributed by atoms with E-state index in [0.717, 1.165) is 19.3 Å². The number of benzene rings is 2. The first-order valence-electron chi connectivity index (χ1n) is 9.64. The number of rotatable bonds is 10. The molecule has 0 aliphatic rings. The van der Waals surface area contributed by atoms with Crippen molar-refractivity contribution >= 4 is 0 Å². The molecule has 2 aromatic carbocycles. The van der Waals surface area contributed by atoms with Crippen molar-refractivity contribution in [3.63, 3.8) is 0 Å². The van der Waals surface area contributed by atoms with Gasteiger partial charge in [0.05, 0.1) is 12.1 Å². The quantitative estimate of drug-likeness (QED) is 0.591. The zero-order valence-electron chi connectivity index (χ0n) is 16.5. The Hall–Kier alpha value is -1.90. The molecule has 26 heavy (non-hydrogen) atoms. The Labute approximate surface area is 159 Å². The number of aliphatic hydroxyl groups excluding tert-OH is 1. The Bertz CT molecular complexity index is 709. The van der Waals surface area contributed by atoms with Crippen LogP contribution in [0, 0.1) is 12.8 Å². The lowest BCUT2D eigenvalue weighted by Crippen LogP contribution is -2.43. The molecule has 2 atom stereocenters. The van der Waals surface area contributed by atoms with E-state index in [9.17, 15) is 5.11 Å². The Morgan fingerprint density at radius 3 is 2.42 bits per heavy atom. The summed E-state index contributed by atoms with van der Waals surface area (Å²) >= 11 is 0. The second-order valence-corrected chi connectivity index (χ2v) is 7.42. The molecule has 0 saturated heterocycles. The van der Waals surface area contributed by atoms with Crippen LogP contribution in [0.2, 0.25) is 0 Å². The Kier molecular flexibility index (Phi) is 7.62. The third kappa shape index (κ3) is 4.84. The molecule has 0 heterocycles. The van der Waals surface area contributed by atoms with E-state index in [0.29, 0.717) is 12.5 Å². The molecule has 0 spiro atoms. The van der Waals surface area contributed by atoms with Crippen LogP contribution in [0.15, 0.2) is 61.2 Å². The number of hydrogen-bond acceptors (Lipinski definition) is 2. The molecule has 0 aliphatic carbocycles. The summed E-state index contributed by atoms with van der Waals surface area (Å²) in [5.74, 6) is 0.605. The summed E-state index contributed by atoms with van der Waals surface area (Å²) in [6, 6.07) is 17.2. The van der Waals surface area contributed by atoms with Gasteiger partial charge in [-0.2, -0.15) is 0 Å². The normalized spacial score (nSPS) is 14.6. The van der Waals surface area contributed by atoms with Crippen molar-refractivity contribution < 1.29 is 5.11 Å². The monoisotopic (exact) mass is 351 g/mol. The molecule has 0 bridgehead atoms. The highest BCUT2D eigenvalue weighted by Crippen LogP contribution is 2.34. The van der Waals surface area contributed by atoms with Crippen molar-refractivity contribution in [2.45, 2.75) is 45.6 Å². The van der Waals surface area contributed by atoms with Crippen LogP contribution in [0.3, 0.4) is 0 Å². The standard InChI is InChI=1S/C24H33NO/c1-5-6-11-19(2)18-21-13-8-10-15-23(21)24(4,25-16-17-26)22-14-9-7-12-20(22)3/h5,7-10,12-15,19,25-26H,1,6,11,16-18H2,2-4H3/t19-,24-/m1/s1. The van der Waals surface area contributed by atoms with Crippen LogP contribution in [0.1, 0.15) is 48.9 Å². The number of hydrogen-bond donors (Lipinski definition) is 2. The second kappa shape index (κ2) is 9.70.